The number of urea groups is 1. The number of fused-ring (bicyclic) bond motifs is 3. The van der Waals surface area contributed by atoms with Gasteiger partial charge in [-0.1, -0.05) is 0 Å². The molecule has 2 aliphatic heterocycles. The maximum absolute atomic E-state index is 13.4. The van der Waals surface area contributed by atoms with Gasteiger partial charge in [-0.05, 0) is 49.2 Å². The number of piperazine rings is 1. The molecule has 9 heteroatoms. The van der Waals surface area contributed by atoms with Crippen molar-refractivity contribution in [3.05, 3.63) is 60.6 Å². The van der Waals surface area contributed by atoms with Gasteiger partial charge >= 0.3 is 6.03 Å². The molecule has 1 unspecified atom stereocenters. The van der Waals surface area contributed by atoms with E-state index in [1.807, 2.05) is 46.6 Å². The Morgan fingerprint density at radius 3 is 2.70 bits per heavy atom. The van der Waals surface area contributed by atoms with Crippen LogP contribution in [-0.2, 0) is 0 Å². The summed E-state index contributed by atoms with van der Waals surface area (Å²) in [7, 11) is 0. The largest absolute Gasteiger partial charge is 0.493 e. The molecule has 0 radical (unpaired) electrons. The molecule has 2 amide bonds. The van der Waals surface area contributed by atoms with Crippen molar-refractivity contribution in [3.63, 3.8) is 0 Å². The Balaban J connectivity index is 1.07. The Hall–Kier alpha value is -4.32. The predicted molar refractivity (Wildman–Crippen MR) is 142 cm³/mol. The Kier molecular flexibility index (Phi) is 6.23. The molecule has 2 saturated heterocycles. The molecule has 1 aromatic carbocycles. The van der Waals surface area contributed by atoms with Crippen LogP contribution >= 0.6 is 0 Å². The zero-order chi connectivity index (χ0) is 25.2. The highest BCUT2D eigenvalue weighted by Gasteiger charge is 2.30. The molecule has 9 nitrogen and oxygen atoms in total. The first kappa shape index (κ1) is 23.1. The highest BCUT2D eigenvalue weighted by molar-refractivity contribution is 6.10. The lowest BCUT2D eigenvalue weighted by Gasteiger charge is -2.41. The minimum atomic E-state index is 0.125. The highest BCUT2D eigenvalue weighted by atomic mass is 16.5. The summed E-state index contributed by atoms with van der Waals surface area (Å²) in [6.45, 7) is 5.00. The van der Waals surface area contributed by atoms with Gasteiger partial charge in [-0.15, -0.1) is 0 Å². The van der Waals surface area contributed by atoms with E-state index in [4.69, 9.17) is 10.00 Å². The lowest BCUT2D eigenvalue weighted by Crippen LogP contribution is -2.54. The van der Waals surface area contributed by atoms with Gasteiger partial charge in [0.25, 0.3) is 0 Å². The first-order chi connectivity index (χ1) is 18.2. The number of hydrogen-bond donors (Lipinski definition) is 1. The maximum atomic E-state index is 13.4. The number of H-pyrrole nitrogens is 1. The minimum Gasteiger partial charge on any atom is -0.493 e. The fourth-order valence-electron chi connectivity index (χ4n) is 5.45. The monoisotopic (exact) mass is 495 g/mol. The summed E-state index contributed by atoms with van der Waals surface area (Å²) in [6, 6.07) is 13.5. The Labute approximate surface area is 215 Å². The third-order valence-electron chi connectivity index (χ3n) is 7.42. The fraction of sp³-hybridized carbons (Fsp3) is 0.357. The van der Waals surface area contributed by atoms with Gasteiger partial charge in [-0.25, -0.2) is 9.78 Å². The topological polar surface area (TPSA) is 101 Å². The summed E-state index contributed by atoms with van der Waals surface area (Å²) in [5.41, 5.74) is 3.50. The number of nitrogens with one attached hydrogen (secondary N) is 1. The maximum Gasteiger partial charge on any atom is 0.320 e. The van der Waals surface area contributed by atoms with E-state index in [0.29, 0.717) is 37.7 Å². The van der Waals surface area contributed by atoms with E-state index in [0.717, 1.165) is 65.8 Å². The number of amides is 2. The van der Waals surface area contributed by atoms with Crippen molar-refractivity contribution in [3.8, 4) is 11.8 Å². The first-order valence-corrected chi connectivity index (χ1v) is 12.8. The number of carbonyl (C=O) groups excluding carboxylic acids is 1. The van der Waals surface area contributed by atoms with Crippen LogP contribution in [0.25, 0.3) is 21.9 Å². The van der Waals surface area contributed by atoms with Gasteiger partial charge < -0.3 is 24.4 Å². The molecule has 0 spiro atoms. The average molecular weight is 496 g/mol. The number of carbonyl (C=O) groups is 1. The van der Waals surface area contributed by atoms with Crippen LogP contribution in [0.1, 0.15) is 18.4 Å². The second kappa shape index (κ2) is 9.97. The van der Waals surface area contributed by atoms with E-state index in [1.54, 1.807) is 12.1 Å². The van der Waals surface area contributed by atoms with Crippen LogP contribution in [0.5, 0.6) is 5.75 Å². The van der Waals surface area contributed by atoms with E-state index in [9.17, 15) is 4.79 Å². The summed E-state index contributed by atoms with van der Waals surface area (Å²) in [5, 5.41) is 11.1. The summed E-state index contributed by atoms with van der Waals surface area (Å²) < 4.78 is 5.96. The molecule has 3 aromatic heterocycles. The number of ether oxygens (including phenoxy) is 1. The third kappa shape index (κ3) is 4.62. The van der Waals surface area contributed by atoms with E-state index in [2.05, 4.69) is 32.0 Å². The molecule has 2 fully saturated rings. The SMILES string of the molecule is N#Cc1ccc(OCC2CCCN(C(=O)N3CCN(c4ccnc5cnc6[nH]ccc6c45)CC3)C2)cc1. The van der Waals surface area contributed by atoms with Crippen LogP contribution in [0.3, 0.4) is 0 Å². The van der Waals surface area contributed by atoms with Crippen molar-refractivity contribution in [1.82, 2.24) is 24.8 Å². The molecule has 0 saturated carbocycles. The van der Waals surface area contributed by atoms with Crippen LogP contribution in [0, 0.1) is 17.2 Å². The molecule has 1 N–H and O–H groups in total. The number of likely N-dealkylation sites (tertiary alicyclic amines) is 1. The van der Waals surface area contributed by atoms with E-state index in [1.165, 1.54) is 0 Å². The van der Waals surface area contributed by atoms with E-state index >= 15 is 0 Å². The number of rotatable bonds is 4. The highest BCUT2D eigenvalue weighted by Crippen LogP contribution is 2.32. The van der Waals surface area contributed by atoms with Gasteiger partial charge in [0.2, 0.25) is 0 Å². The van der Waals surface area contributed by atoms with Crippen LogP contribution in [-0.4, -0.2) is 76.7 Å². The van der Waals surface area contributed by atoms with Crippen molar-refractivity contribution < 1.29 is 9.53 Å². The molecular weight excluding hydrogens is 466 g/mol. The molecule has 0 bridgehead atoms. The number of nitrogens with zero attached hydrogens (tertiary/aromatic N) is 6. The number of aromatic amines is 1. The second-order valence-corrected chi connectivity index (χ2v) is 9.75. The van der Waals surface area contributed by atoms with Gasteiger partial charge in [-0.3, -0.25) is 4.98 Å². The standard InChI is InChI=1S/C28H29N7O2/c29-16-20-3-5-22(6-4-20)37-19-21-2-1-11-35(18-21)28(36)34-14-12-33(13-15-34)25-8-10-30-24-17-32-27-23(26(24)25)7-9-31-27/h3-10,17,21H,1-2,11-15,18-19H2,(H,31,32). The average Bonchev–Trinajstić information content (AvgIpc) is 3.45. The number of piperidine rings is 1. The van der Waals surface area contributed by atoms with E-state index in [-0.39, 0.29) is 6.03 Å². The lowest BCUT2D eigenvalue weighted by molar-refractivity contribution is 0.110. The van der Waals surface area contributed by atoms with Gasteiger partial charge in [-0.2, -0.15) is 5.26 Å². The summed E-state index contributed by atoms with van der Waals surface area (Å²) in [5.74, 6) is 1.06. The van der Waals surface area contributed by atoms with Crippen LogP contribution in [0.2, 0.25) is 0 Å². The number of hydrogen-bond acceptors (Lipinski definition) is 6. The van der Waals surface area contributed by atoms with Crippen molar-refractivity contribution in [1.29, 1.82) is 5.26 Å². The van der Waals surface area contributed by atoms with Gasteiger partial charge in [0.15, 0.2) is 0 Å². The molecule has 37 heavy (non-hydrogen) atoms. The van der Waals surface area contributed by atoms with Crippen LogP contribution in [0.15, 0.2) is 55.0 Å². The van der Waals surface area contributed by atoms with Gasteiger partial charge in [0, 0.05) is 74.0 Å². The smallest absolute Gasteiger partial charge is 0.320 e. The number of anilines is 1. The summed E-state index contributed by atoms with van der Waals surface area (Å²) in [6.07, 6.45) is 7.59. The number of nitriles is 1. The summed E-state index contributed by atoms with van der Waals surface area (Å²) in [4.78, 5) is 31.9. The Morgan fingerprint density at radius 1 is 1.05 bits per heavy atom. The Morgan fingerprint density at radius 2 is 1.89 bits per heavy atom. The van der Waals surface area contributed by atoms with Gasteiger partial charge in [0.05, 0.1) is 30.0 Å². The summed E-state index contributed by atoms with van der Waals surface area (Å²) >= 11 is 0. The van der Waals surface area contributed by atoms with Crippen molar-refractivity contribution >= 4 is 33.7 Å². The molecule has 6 rings (SSSR count). The molecule has 5 heterocycles. The molecule has 4 aromatic rings. The lowest BCUT2D eigenvalue weighted by atomic mass is 9.99. The first-order valence-electron chi connectivity index (χ1n) is 12.8. The second-order valence-electron chi connectivity index (χ2n) is 9.75. The predicted octanol–water partition coefficient (Wildman–Crippen LogP) is 4.02. The quantitative estimate of drug-likeness (QED) is 0.459. The normalized spacial score (nSPS) is 18.2. The number of aromatic nitrogens is 3. The van der Waals surface area contributed by atoms with Crippen LogP contribution < -0.4 is 9.64 Å². The third-order valence-corrected chi connectivity index (χ3v) is 7.42. The van der Waals surface area contributed by atoms with Crippen molar-refractivity contribution in [2.24, 2.45) is 5.92 Å². The number of benzene rings is 1. The molecular formula is C28H29N7O2. The molecule has 2 aliphatic rings. The molecule has 0 aliphatic carbocycles. The fourth-order valence-corrected chi connectivity index (χ4v) is 5.45. The minimum absolute atomic E-state index is 0.125. The number of pyridine rings is 2. The zero-order valence-electron chi connectivity index (χ0n) is 20.6. The zero-order valence-corrected chi connectivity index (χ0v) is 20.6. The molecule has 188 valence electrons. The van der Waals surface area contributed by atoms with E-state index < -0.39 is 0 Å². The van der Waals surface area contributed by atoms with Crippen molar-refractivity contribution in [2.45, 2.75) is 12.8 Å². The molecule has 1 atom stereocenters. The Bertz CT molecular complexity index is 1450. The van der Waals surface area contributed by atoms with Gasteiger partial charge in [0.1, 0.15) is 11.4 Å². The van der Waals surface area contributed by atoms with Crippen molar-refractivity contribution in [2.75, 3.05) is 50.8 Å². The van der Waals surface area contributed by atoms with Crippen LogP contribution in [0.4, 0.5) is 10.5 Å².